The molecule has 2 fully saturated rings. The van der Waals surface area contributed by atoms with Crippen LogP contribution in [0.5, 0.6) is 0 Å². The largest absolute Gasteiger partial charge is 0.351 e. The number of nitrogens with zero attached hydrogens (tertiary/aromatic N) is 6. The van der Waals surface area contributed by atoms with Crippen LogP contribution in [0.4, 0.5) is 5.95 Å². The van der Waals surface area contributed by atoms with Gasteiger partial charge in [0.1, 0.15) is 0 Å². The summed E-state index contributed by atoms with van der Waals surface area (Å²) in [7, 11) is -0.957. The summed E-state index contributed by atoms with van der Waals surface area (Å²) in [6.45, 7) is 5.25. The number of rotatable bonds is 5. The van der Waals surface area contributed by atoms with Crippen molar-refractivity contribution in [2.45, 2.75) is 44.7 Å². The van der Waals surface area contributed by atoms with Gasteiger partial charge in [-0.1, -0.05) is 0 Å². The fourth-order valence-corrected chi connectivity index (χ4v) is 5.11. The van der Waals surface area contributed by atoms with Crippen LogP contribution >= 0.6 is 0 Å². The lowest BCUT2D eigenvalue weighted by Gasteiger charge is -2.30. The average molecular weight is 434 g/mol. The Balaban J connectivity index is 1.44. The Morgan fingerprint density at radius 3 is 2.43 bits per heavy atom. The highest BCUT2D eigenvalue weighted by Crippen LogP contribution is 2.26. The molecule has 0 aliphatic carbocycles. The number of aryl methyl sites for hydroxylation is 1. The minimum Gasteiger partial charge on any atom is -0.351 e. The topological polar surface area (TPSA) is 96.2 Å². The van der Waals surface area contributed by atoms with Crippen LogP contribution in [0.15, 0.2) is 18.6 Å². The fraction of sp³-hybridized carbons (Fsp3) is 0.650. The number of sulfonamides is 1. The van der Waals surface area contributed by atoms with Crippen LogP contribution in [0, 0.1) is 6.92 Å². The SMILES string of the molecule is Cc1cnc(NC2CCN(S(C)(=O)=O)CC2)nc1-c1cnn(C2CCN(C)CC2)c1. The maximum atomic E-state index is 11.7. The Kier molecular flexibility index (Phi) is 6.08. The second-order valence-electron chi connectivity index (χ2n) is 8.55. The molecule has 2 aromatic rings. The summed E-state index contributed by atoms with van der Waals surface area (Å²) in [5.74, 6) is 0.584. The van der Waals surface area contributed by atoms with Gasteiger partial charge in [0.25, 0.3) is 0 Å². The van der Waals surface area contributed by atoms with Gasteiger partial charge in [-0.15, -0.1) is 0 Å². The van der Waals surface area contributed by atoms with Gasteiger partial charge in [-0.05, 0) is 58.3 Å². The molecule has 0 atom stereocenters. The number of piperidine rings is 2. The third kappa shape index (κ3) is 4.81. The van der Waals surface area contributed by atoms with Crippen LogP contribution in [0.25, 0.3) is 11.3 Å². The van der Waals surface area contributed by atoms with Crippen LogP contribution in [0.2, 0.25) is 0 Å². The van der Waals surface area contributed by atoms with E-state index in [1.54, 1.807) is 0 Å². The number of anilines is 1. The lowest BCUT2D eigenvalue weighted by atomic mass is 10.1. The summed E-state index contributed by atoms with van der Waals surface area (Å²) >= 11 is 0. The molecule has 0 bridgehead atoms. The van der Waals surface area contributed by atoms with Crippen molar-refractivity contribution >= 4 is 16.0 Å². The predicted molar refractivity (Wildman–Crippen MR) is 117 cm³/mol. The molecular weight excluding hydrogens is 402 g/mol. The smallest absolute Gasteiger partial charge is 0.223 e. The average Bonchev–Trinajstić information content (AvgIpc) is 3.20. The molecule has 9 nitrogen and oxygen atoms in total. The van der Waals surface area contributed by atoms with Gasteiger partial charge >= 0.3 is 0 Å². The lowest BCUT2D eigenvalue weighted by molar-refractivity contribution is 0.212. The molecule has 4 rings (SSSR count). The highest BCUT2D eigenvalue weighted by atomic mass is 32.2. The number of hydrogen-bond acceptors (Lipinski definition) is 7. The summed E-state index contributed by atoms with van der Waals surface area (Å²) in [5.41, 5.74) is 2.90. The van der Waals surface area contributed by atoms with Crippen LogP contribution in [0.1, 0.15) is 37.3 Å². The normalized spacial score (nSPS) is 20.5. The Bertz CT molecular complexity index is 975. The van der Waals surface area contributed by atoms with Gasteiger partial charge in [0.15, 0.2) is 0 Å². The maximum absolute atomic E-state index is 11.7. The number of hydrogen-bond donors (Lipinski definition) is 1. The van der Waals surface area contributed by atoms with E-state index >= 15 is 0 Å². The molecule has 0 amide bonds. The first-order chi connectivity index (χ1) is 14.3. The van der Waals surface area contributed by atoms with Crippen molar-refractivity contribution in [3.05, 3.63) is 24.2 Å². The first-order valence-corrected chi connectivity index (χ1v) is 12.4. The predicted octanol–water partition coefficient (Wildman–Crippen LogP) is 1.75. The van der Waals surface area contributed by atoms with Gasteiger partial charge in [0, 0.05) is 37.1 Å². The van der Waals surface area contributed by atoms with E-state index in [0.29, 0.717) is 25.1 Å². The molecule has 30 heavy (non-hydrogen) atoms. The summed E-state index contributed by atoms with van der Waals surface area (Å²) < 4.78 is 27.0. The zero-order valence-electron chi connectivity index (χ0n) is 18.0. The minimum atomic E-state index is -3.12. The van der Waals surface area contributed by atoms with Crippen molar-refractivity contribution in [3.8, 4) is 11.3 Å². The van der Waals surface area contributed by atoms with E-state index in [9.17, 15) is 8.42 Å². The Hall–Kier alpha value is -2.04. The molecule has 2 saturated heterocycles. The number of aromatic nitrogens is 4. The Morgan fingerprint density at radius 2 is 1.77 bits per heavy atom. The molecule has 0 radical (unpaired) electrons. The van der Waals surface area contributed by atoms with Gasteiger partial charge < -0.3 is 10.2 Å². The highest BCUT2D eigenvalue weighted by Gasteiger charge is 2.25. The monoisotopic (exact) mass is 433 g/mol. The second-order valence-corrected chi connectivity index (χ2v) is 10.5. The van der Waals surface area contributed by atoms with E-state index in [1.807, 2.05) is 19.3 Å². The number of likely N-dealkylation sites (tertiary alicyclic amines) is 1. The second kappa shape index (κ2) is 8.60. The standard InChI is InChI=1S/C20H31N7O2S/c1-15-12-21-20(23-17-4-10-26(11-5-17)30(3,28)29)24-19(15)16-13-22-27(14-16)18-6-8-25(2)9-7-18/h12-14,17-18H,4-11H2,1-3H3,(H,21,23,24). The van der Waals surface area contributed by atoms with E-state index in [1.165, 1.54) is 10.6 Å². The molecule has 10 heteroatoms. The summed E-state index contributed by atoms with van der Waals surface area (Å²) in [5, 5.41) is 8.00. The van der Waals surface area contributed by atoms with Crippen molar-refractivity contribution < 1.29 is 8.42 Å². The van der Waals surface area contributed by atoms with Gasteiger partial charge in [0.2, 0.25) is 16.0 Å². The molecule has 0 unspecified atom stereocenters. The van der Waals surface area contributed by atoms with Gasteiger partial charge in [-0.2, -0.15) is 5.10 Å². The highest BCUT2D eigenvalue weighted by molar-refractivity contribution is 7.88. The molecule has 4 heterocycles. The zero-order valence-corrected chi connectivity index (χ0v) is 18.8. The van der Waals surface area contributed by atoms with Crippen molar-refractivity contribution in [2.24, 2.45) is 0 Å². The van der Waals surface area contributed by atoms with Crippen LogP contribution in [-0.2, 0) is 10.0 Å². The third-order valence-electron chi connectivity index (χ3n) is 6.17. The molecule has 0 saturated carbocycles. The van der Waals surface area contributed by atoms with Gasteiger partial charge in [0.05, 0.1) is 24.2 Å². The third-order valence-corrected chi connectivity index (χ3v) is 7.47. The van der Waals surface area contributed by atoms with Gasteiger partial charge in [-0.3, -0.25) is 4.68 Å². The Labute approximate surface area is 178 Å². The molecule has 164 valence electrons. The van der Waals surface area contributed by atoms with Gasteiger partial charge in [-0.25, -0.2) is 22.7 Å². The molecule has 2 aliphatic rings. The minimum absolute atomic E-state index is 0.167. The number of nitrogens with one attached hydrogen (secondary N) is 1. The Morgan fingerprint density at radius 1 is 1.07 bits per heavy atom. The van der Waals surface area contributed by atoms with E-state index in [2.05, 4.69) is 38.2 Å². The van der Waals surface area contributed by atoms with E-state index in [0.717, 1.165) is 55.6 Å². The molecule has 0 spiro atoms. The van der Waals surface area contributed by atoms with Crippen LogP contribution < -0.4 is 5.32 Å². The molecular formula is C20H31N7O2S. The summed E-state index contributed by atoms with van der Waals surface area (Å²) in [6.07, 6.45) is 10.8. The fourth-order valence-electron chi connectivity index (χ4n) is 4.24. The van der Waals surface area contributed by atoms with Crippen molar-refractivity contribution in [1.82, 2.24) is 29.0 Å². The van der Waals surface area contributed by atoms with Crippen molar-refractivity contribution in [3.63, 3.8) is 0 Å². The molecule has 2 aromatic heterocycles. The zero-order chi connectivity index (χ0) is 21.3. The van der Waals surface area contributed by atoms with E-state index in [-0.39, 0.29) is 6.04 Å². The molecule has 2 aliphatic heterocycles. The first-order valence-electron chi connectivity index (χ1n) is 10.6. The quantitative estimate of drug-likeness (QED) is 0.767. The van der Waals surface area contributed by atoms with E-state index in [4.69, 9.17) is 4.98 Å². The summed E-state index contributed by atoms with van der Waals surface area (Å²) in [6, 6.07) is 0.607. The first kappa shape index (κ1) is 21.2. The van der Waals surface area contributed by atoms with E-state index < -0.39 is 10.0 Å². The van der Waals surface area contributed by atoms with Crippen LogP contribution in [-0.4, -0.2) is 82.9 Å². The maximum Gasteiger partial charge on any atom is 0.223 e. The van der Waals surface area contributed by atoms with Crippen LogP contribution in [0.3, 0.4) is 0 Å². The summed E-state index contributed by atoms with van der Waals surface area (Å²) in [4.78, 5) is 11.6. The molecule has 0 aromatic carbocycles. The molecule has 1 N–H and O–H groups in total. The van der Waals surface area contributed by atoms with Crippen molar-refractivity contribution in [2.75, 3.05) is 44.8 Å². The lowest BCUT2D eigenvalue weighted by Crippen LogP contribution is -2.42. The van der Waals surface area contributed by atoms with Crippen molar-refractivity contribution in [1.29, 1.82) is 0 Å².